The van der Waals surface area contributed by atoms with E-state index >= 15 is 0 Å². The van der Waals surface area contributed by atoms with Crippen LogP contribution in [-0.2, 0) is 10.0 Å². The Morgan fingerprint density at radius 2 is 1.89 bits per heavy atom. The van der Waals surface area contributed by atoms with E-state index < -0.39 is 10.0 Å². The van der Waals surface area contributed by atoms with Gasteiger partial charge in [-0.25, -0.2) is 13.6 Å². The third kappa shape index (κ3) is 4.19. The van der Waals surface area contributed by atoms with Crippen molar-refractivity contribution in [3.8, 4) is 0 Å². The van der Waals surface area contributed by atoms with Crippen LogP contribution in [0.4, 0.5) is 5.69 Å². The lowest BCUT2D eigenvalue weighted by Crippen LogP contribution is -2.23. The molecule has 3 N–H and O–H groups in total. The first-order valence-corrected chi connectivity index (χ1v) is 8.08. The lowest BCUT2D eigenvalue weighted by molar-refractivity contribution is 0.348. The van der Waals surface area contributed by atoms with Crippen LogP contribution in [-0.4, -0.2) is 39.5 Å². The Morgan fingerprint density at radius 3 is 2.53 bits per heavy atom. The van der Waals surface area contributed by atoms with Crippen molar-refractivity contribution >= 4 is 15.7 Å². The molecule has 1 aliphatic rings. The van der Waals surface area contributed by atoms with Crippen LogP contribution < -0.4 is 10.5 Å². The van der Waals surface area contributed by atoms with Gasteiger partial charge in [0.05, 0.1) is 4.90 Å². The highest BCUT2D eigenvalue weighted by Crippen LogP contribution is 2.18. The molecule has 106 valence electrons. The number of sulfonamides is 1. The van der Waals surface area contributed by atoms with Crippen LogP contribution in [0.1, 0.15) is 19.3 Å². The van der Waals surface area contributed by atoms with Gasteiger partial charge in [-0.15, -0.1) is 0 Å². The van der Waals surface area contributed by atoms with Crippen molar-refractivity contribution < 1.29 is 8.42 Å². The molecule has 19 heavy (non-hydrogen) atoms. The normalized spacial score (nSPS) is 21.9. The summed E-state index contributed by atoms with van der Waals surface area (Å²) >= 11 is 0. The third-order valence-corrected chi connectivity index (χ3v) is 4.43. The van der Waals surface area contributed by atoms with Crippen molar-refractivity contribution in [2.45, 2.75) is 30.2 Å². The minimum Gasteiger partial charge on any atom is -0.382 e. The van der Waals surface area contributed by atoms with Crippen molar-refractivity contribution in [1.29, 1.82) is 0 Å². The zero-order valence-electron chi connectivity index (χ0n) is 11.2. The van der Waals surface area contributed by atoms with Gasteiger partial charge in [0.1, 0.15) is 0 Å². The Labute approximate surface area is 114 Å². The highest BCUT2D eigenvalue weighted by Gasteiger charge is 2.14. The summed E-state index contributed by atoms with van der Waals surface area (Å²) < 4.78 is 22.3. The van der Waals surface area contributed by atoms with Gasteiger partial charge in [-0.3, -0.25) is 0 Å². The monoisotopic (exact) mass is 283 g/mol. The predicted molar refractivity (Wildman–Crippen MR) is 76.6 cm³/mol. The lowest BCUT2D eigenvalue weighted by Gasteiger charge is -2.18. The molecule has 1 aliphatic heterocycles. The second-order valence-corrected chi connectivity index (χ2v) is 6.71. The van der Waals surface area contributed by atoms with Gasteiger partial charge < -0.3 is 10.2 Å². The Morgan fingerprint density at radius 1 is 1.21 bits per heavy atom. The average Bonchev–Trinajstić information content (AvgIpc) is 2.54. The Bertz CT molecular complexity index is 513. The summed E-state index contributed by atoms with van der Waals surface area (Å²) in [5, 5.41) is 8.53. The molecule has 0 aromatic heterocycles. The Hall–Kier alpha value is -1.11. The van der Waals surface area contributed by atoms with Gasteiger partial charge in [0.15, 0.2) is 0 Å². The van der Waals surface area contributed by atoms with Crippen molar-refractivity contribution in [2.24, 2.45) is 5.14 Å². The van der Waals surface area contributed by atoms with Crippen molar-refractivity contribution in [3.63, 3.8) is 0 Å². The minimum absolute atomic E-state index is 0.152. The predicted octanol–water partition coefficient (Wildman–Crippen LogP) is 1.23. The van der Waals surface area contributed by atoms with Crippen LogP contribution in [0.5, 0.6) is 0 Å². The summed E-state index contributed by atoms with van der Waals surface area (Å²) in [7, 11) is -1.46. The van der Waals surface area contributed by atoms with E-state index in [0.29, 0.717) is 6.04 Å². The summed E-state index contributed by atoms with van der Waals surface area (Å²) in [5.41, 5.74) is 0.946. The van der Waals surface area contributed by atoms with Gasteiger partial charge >= 0.3 is 0 Å². The second kappa shape index (κ2) is 5.90. The van der Waals surface area contributed by atoms with Crippen LogP contribution >= 0.6 is 0 Å². The first kappa shape index (κ1) is 14.3. The molecule has 1 heterocycles. The van der Waals surface area contributed by atoms with Gasteiger partial charge in [-0.2, -0.15) is 0 Å². The van der Waals surface area contributed by atoms with E-state index in [4.69, 9.17) is 5.14 Å². The summed E-state index contributed by atoms with van der Waals surface area (Å²) in [6.07, 6.45) is 3.43. The smallest absolute Gasteiger partial charge is 0.238 e. The number of hydrogen-bond acceptors (Lipinski definition) is 4. The number of rotatable bonds is 3. The first-order valence-electron chi connectivity index (χ1n) is 6.53. The van der Waals surface area contributed by atoms with E-state index in [0.717, 1.165) is 31.6 Å². The van der Waals surface area contributed by atoms with E-state index in [9.17, 15) is 8.42 Å². The number of likely N-dealkylation sites (tertiary alicyclic amines) is 1. The summed E-state index contributed by atoms with van der Waals surface area (Å²) in [4.78, 5) is 2.49. The standard InChI is InChI=1S/C13H21N3O2S/c1-16-9-2-3-11(8-10-16)15-12-4-6-13(7-5-12)19(14,17)18/h4-7,11,15H,2-3,8-10H2,1H3,(H2,14,17,18). The van der Waals surface area contributed by atoms with Gasteiger partial charge in [0.25, 0.3) is 0 Å². The number of hydrogen-bond donors (Lipinski definition) is 2. The number of nitrogens with zero attached hydrogens (tertiary/aromatic N) is 1. The fourth-order valence-electron chi connectivity index (χ4n) is 2.36. The van der Waals surface area contributed by atoms with Crippen LogP contribution in [0.25, 0.3) is 0 Å². The molecule has 1 aromatic rings. The summed E-state index contributed by atoms with van der Waals surface area (Å²) in [6.45, 7) is 2.23. The average molecular weight is 283 g/mol. The Kier molecular flexibility index (Phi) is 4.44. The van der Waals surface area contributed by atoms with Gasteiger partial charge in [-0.05, 0) is 63.7 Å². The number of benzene rings is 1. The summed E-state index contributed by atoms with van der Waals surface area (Å²) in [5.74, 6) is 0. The minimum atomic E-state index is -3.60. The van der Waals surface area contributed by atoms with E-state index in [-0.39, 0.29) is 4.90 Å². The third-order valence-electron chi connectivity index (χ3n) is 3.51. The highest BCUT2D eigenvalue weighted by atomic mass is 32.2. The maximum absolute atomic E-state index is 11.2. The molecule has 0 radical (unpaired) electrons. The van der Waals surface area contributed by atoms with E-state index in [1.165, 1.54) is 6.42 Å². The first-order chi connectivity index (χ1) is 8.95. The maximum atomic E-state index is 11.2. The van der Waals surface area contributed by atoms with Crippen LogP contribution in [0, 0.1) is 0 Å². The number of primary sulfonamides is 1. The molecular weight excluding hydrogens is 262 g/mol. The number of nitrogens with two attached hydrogens (primary N) is 1. The molecule has 1 aromatic carbocycles. The van der Waals surface area contributed by atoms with Crippen LogP contribution in [0.3, 0.4) is 0 Å². The maximum Gasteiger partial charge on any atom is 0.238 e. The molecule has 0 aliphatic carbocycles. The molecular formula is C13H21N3O2S. The van der Waals surface area contributed by atoms with Crippen molar-refractivity contribution in [1.82, 2.24) is 4.90 Å². The molecule has 0 amide bonds. The van der Waals surface area contributed by atoms with E-state index in [1.807, 2.05) is 0 Å². The van der Waals surface area contributed by atoms with Gasteiger partial charge in [-0.1, -0.05) is 0 Å². The molecule has 1 fully saturated rings. The van der Waals surface area contributed by atoms with Gasteiger partial charge in [0.2, 0.25) is 10.0 Å². The van der Waals surface area contributed by atoms with Gasteiger partial charge in [0, 0.05) is 11.7 Å². The topological polar surface area (TPSA) is 75.4 Å². The van der Waals surface area contributed by atoms with Crippen LogP contribution in [0.15, 0.2) is 29.2 Å². The second-order valence-electron chi connectivity index (χ2n) is 5.14. The van der Waals surface area contributed by atoms with E-state index in [1.54, 1.807) is 24.3 Å². The quantitative estimate of drug-likeness (QED) is 0.875. The highest BCUT2D eigenvalue weighted by molar-refractivity contribution is 7.89. The van der Waals surface area contributed by atoms with E-state index in [2.05, 4.69) is 17.3 Å². The molecule has 1 saturated heterocycles. The fraction of sp³-hybridized carbons (Fsp3) is 0.538. The fourth-order valence-corrected chi connectivity index (χ4v) is 2.88. The Balaban J connectivity index is 1.99. The molecule has 6 heteroatoms. The molecule has 0 spiro atoms. The molecule has 1 unspecified atom stereocenters. The molecule has 0 bridgehead atoms. The SMILES string of the molecule is CN1CCCC(Nc2ccc(S(N)(=O)=O)cc2)CC1. The lowest BCUT2D eigenvalue weighted by atomic mass is 10.1. The van der Waals surface area contributed by atoms with Crippen molar-refractivity contribution in [2.75, 3.05) is 25.5 Å². The summed E-state index contributed by atoms with van der Waals surface area (Å²) in [6, 6.07) is 7.08. The van der Waals surface area contributed by atoms with Crippen molar-refractivity contribution in [3.05, 3.63) is 24.3 Å². The molecule has 2 rings (SSSR count). The van der Waals surface area contributed by atoms with Crippen LogP contribution in [0.2, 0.25) is 0 Å². The number of anilines is 1. The molecule has 1 atom stereocenters. The molecule has 0 saturated carbocycles. The largest absolute Gasteiger partial charge is 0.382 e. The zero-order valence-corrected chi connectivity index (χ0v) is 12.0. The number of nitrogens with one attached hydrogen (secondary N) is 1. The molecule has 5 nitrogen and oxygen atoms in total. The zero-order chi connectivity index (χ0) is 13.9.